The Morgan fingerprint density at radius 2 is 1.94 bits per heavy atom. The fourth-order valence-corrected chi connectivity index (χ4v) is 1.44. The van der Waals surface area contributed by atoms with E-state index in [0.717, 1.165) is 6.07 Å². The van der Waals surface area contributed by atoms with Crippen LogP contribution in [0.3, 0.4) is 0 Å². The molecule has 6 heteroatoms. The van der Waals surface area contributed by atoms with Gasteiger partial charge in [0.25, 0.3) is 5.56 Å². The van der Waals surface area contributed by atoms with Gasteiger partial charge in [-0.1, -0.05) is 11.6 Å². The highest BCUT2D eigenvalue weighted by atomic mass is 35.5. The van der Waals surface area contributed by atoms with E-state index in [4.69, 9.17) is 11.6 Å². The van der Waals surface area contributed by atoms with Crippen LogP contribution in [0.2, 0.25) is 5.15 Å². The third-order valence-electron chi connectivity index (χ3n) is 1.99. The molecule has 0 saturated carbocycles. The molecule has 3 nitrogen and oxygen atoms in total. The van der Waals surface area contributed by atoms with Crippen LogP contribution < -0.4 is 5.56 Å². The molecule has 1 aromatic heterocycles. The average Bonchev–Trinajstić information content (AvgIpc) is 2.22. The summed E-state index contributed by atoms with van der Waals surface area (Å²) in [6, 6.07) is 4.15. The highest BCUT2D eigenvalue weighted by Crippen LogP contribution is 2.21. The monoisotopic (exact) mass is 242 g/mol. The first kappa shape index (κ1) is 10.8. The van der Waals surface area contributed by atoms with Crippen molar-refractivity contribution >= 4 is 11.6 Å². The van der Waals surface area contributed by atoms with E-state index in [9.17, 15) is 13.6 Å². The first-order valence-corrected chi connectivity index (χ1v) is 4.66. The van der Waals surface area contributed by atoms with Crippen LogP contribution in [-0.4, -0.2) is 10.2 Å². The standard InChI is InChI=1S/C10H5ClF2N2O/c11-9-4-7(10(16)15-14-9)6-2-1-5(12)3-8(6)13/h1-4H,(H,15,16). The lowest BCUT2D eigenvalue weighted by Crippen LogP contribution is -2.11. The van der Waals surface area contributed by atoms with Crippen LogP contribution in [0.25, 0.3) is 11.1 Å². The maximum absolute atomic E-state index is 13.4. The van der Waals surface area contributed by atoms with Crippen molar-refractivity contribution < 1.29 is 8.78 Å². The average molecular weight is 243 g/mol. The number of hydrogen-bond acceptors (Lipinski definition) is 2. The Balaban J connectivity index is 2.67. The van der Waals surface area contributed by atoms with Crippen LogP contribution in [-0.2, 0) is 0 Å². The predicted octanol–water partition coefficient (Wildman–Crippen LogP) is 2.37. The maximum atomic E-state index is 13.4. The summed E-state index contributed by atoms with van der Waals surface area (Å²) in [7, 11) is 0. The fourth-order valence-electron chi connectivity index (χ4n) is 1.29. The molecule has 2 aromatic rings. The molecule has 0 aliphatic heterocycles. The number of aromatic amines is 1. The van der Waals surface area contributed by atoms with E-state index in [1.807, 2.05) is 0 Å². The quantitative estimate of drug-likeness (QED) is 0.834. The van der Waals surface area contributed by atoms with Crippen molar-refractivity contribution in [3.63, 3.8) is 0 Å². The van der Waals surface area contributed by atoms with Gasteiger partial charge in [0.15, 0.2) is 0 Å². The Bertz CT molecular complexity index is 598. The van der Waals surface area contributed by atoms with Crippen LogP contribution in [0, 0.1) is 11.6 Å². The molecular formula is C10H5ClF2N2O. The van der Waals surface area contributed by atoms with Crippen LogP contribution in [0.15, 0.2) is 29.1 Å². The van der Waals surface area contributed by atoms with E-state index >= 15 is 0 Å². The van der Waals surface area contributed by atoms with Crippen molar-refractivity contribution in [2.45, 2.75) is 0 Å². The van der Waals surface area contributed by atoms with Gasteiger partial charge in [0.05, 0.1) is 5.56 Å². The first-order chi connectivity index (χ1) is 7.58. The molecular weight excluding hydrogens is 238 g/mol. The Kier molecular flexibility index (Phi) is 2.70. The lowest BCUT2D eigenvalue weighted by molar-refractivity contribution is 0.585. The number of hydrogen-bond donors (Lipinski definition) is 1. The van der Waals surface area contributed by atoms with E-state index in [-0.39, 0.29) is 16.3 Å². The minimum Gasteiger partial charge on any atom is -0.267 e. The van der Waals surface area contributed by atoms with Gasteiger partial charge in [0.1, 0.15) is 16.8 Å². The zero-order chi connectivity index (χ0) is 11.7. The van der Waals surface area contributed by atoms with Gasteiger partial charge in [-0.05, 0) is 18.2 Å². The van der Waals surface area contributed by atoms with Gasteiger partial charge in [-0.3, -0.25) is 4.79 Å². The highest BCUT2D eigenvalue weighted by molar-refractivity contribution is 6.29. The Morgan fingerprint density at radius 1 is 1.19 bits per heavy atom. The van der Waals surface area contributed by atoms with E-state index in [2.05, 4.69) is 10.2 Å². The van der Waals surface area contributed by atoms with E-state index in [1.54, 1.807) is 0 Å². The third-order valence-corrected chi connectivity index (χ3v) is 2.19. The molecule has 0 fully saturated rings. The molecule has 2 rings (SSSR count). The topological polar surface area (TPSA) is 45.8 Å². The molecule has 16 heavy (non-hydrogen) atoms. The number of benzene rings is 1. The molecule has 0 amide bonds. The second kappa shape index (κ2) is 4.02. The third kappa shape index (κ3) is 1.94. The number of H-pyrrole nitrogens is 1. The van der Waals surface area contributed by atoms with Gasteiger partial charge in [-0.2, -0.15) is 5.10 Å². The smallest absolute Gasteiger partial charge is 0.267 e. The van der Waals surface area contributed by atoms with Gasteiger partial charge in [-0.15, -0.1) is 0 Å². The fraction of sp³-hybridized carbons (Fsp3) is 0. The summed E-state index contributed by atoms with van der Waals surface area (Å²) in [5.74, 6) is -1.54. The minimum atomic E-state index is -0.826. The summed E-state index contributed by atoms with van der Waals surface area (Å²) < 4.78 is 26.1. The second-order valence-corrected chi connectivity index (χ2v) is 3.44. The lowest BCUT2D eigenvalue weighted by atomic mass is 10.1. The van der Waals surface area contributed by atoms with Crippen LogP contribution >= 0.6 is 11.6 Å². The lowest BCUT2D eigenvalue weighted by Gasteiger charge is -2.02. The van der Waals surface area contributed by atoms with Gasteiger partial charge in [0.2, 0.25) is 0 Å². The van der Waals surface area contributed by atoms with Crippen molar-refractivity contribution in [3.05, 3.63) is 51.4 Å². The summed E-state index contributed by atoms with van der Waals surface area (Å²) in [5, 5.41) is 5.58. The summed E-state index contributed by atoms with van der Waals surface area (Å²) in [5.41, 5.74) is -0.598. The number of nitrogens with one attached hydrogen (secondary N) is 1. The summed E-state index contributed by atoms with van der Waals surface area (Å²) >= 11 is 5.57. The molecule has 0 unspecified atom stereocenters. The SMILES string of the molecule is O=c1[nH]nc(Cl)cc1-c1ccc(F)cc1F. The maximum Gasteiger partial charge on any atom is 0.272 e. The van der Waals surface area contributed by atoms with Crippen molar-refractivity contribution in [1.82, 2.24) is 10.2 Å². The van der Waals surface area contributed by atoms with Crippen molar-refractivity contribution in [1.29, 1.82) is 0 Å². The highest BCUT2D eigenvalue weighted by Gasteiger charge is 2.10. The number of nitrogens with zero attached hydrogens (tertiary/aromatic N) is 1. The molecule has 0 aliphatic carbocycles. The summed E-state index contributed by atoms with van der Waals surface area (Å²) in [4.78, 5) is 11.4. The molecule has 0 bridgehead atoms. The number of halogens is 3. The minimum absolute atomic E-state index is 0.0116. The van der Waals surface area contributed by atoms with Gasteiger partial charge in [0, 0.05) is 11.6 Å². The van der Waals surface area contributed by atoms with E-state index in [0.29, 0.717) is 6.07 Å². The van der Waals surface area contributed by atoms with Crippen LogP contribution in [0.5, 0.6) is 0 Å². The van der Waals surface area contributed by atoms with Gasteiger partial charge >= 0.3 is 0 Å². The zero-order valence-corrected chi connectivity index (χ0v) is 8.55. The Labute approximate surface area is 93.7 Å². The van der Waals surface area contributed by atoms with Gasteiger partial charge in [-0.25, -0.2) is 13.9 Å². The molecule has 1 heterocycles. The van der Waals surface area contributed by atoms with E-state index in [1.165, 1.54) is 12.1 Å². The molecule has 0 radical (unpaired) electrons. The Hall–Kier alpha value is -1.75. The number of rotatable bonds is 1. The van der Waals surface area contributed by atoms with Crippen molar-refractivity contribution in [2.75, 3.05) is 0 Å². The second-order valence-electron chi connectivity index (χ2n) is 3.06. The molecule has 1 aromatic carbocycles. The Morgan fingerprint density at radius 3 is 2.62 bits per heavy atom. The zero-order valence-electron chi connectivity index (χ0n) is 7.80. The molecule has 0 atom stereocenters. The van der Waals surface area contributed by atoms with Crippen LogP contribution in [0.4, 0.5) is 8.78 Å². The molecule has 0 spiro atoms. The number of aromatic nitrogens is 2. The summed E-state index contributed by atoms with van der Waals surface area (Å²) in [6.45, 7) is 0. The molecule has 0 aliphatic rings. The molecule has 82 valence electrons. The van der Waals surface area contributed by atoms with Crippen molar-refractivity contribution in [2.24, 2.45) is 0 Å². The van der Waals surface area contributed by atoms with Crippen LogP contribution in [0.1, 0.15) is 0 Å². The largest absolute Gasteiger partial charge is 0.272 e. The molecule has 1 N–H and O–H groups in total. The normalized spacial score (nSPS) is 10.4. The first-order valence-electron chi connectivity index (χ1n) is 4.28. The predicted molar refractivity (Wildman–Crippen MR) is 55.2 cm³/mol. The van der Waals surface area contributed by atoms with E-state index < -0.39 is 17.2 Å². The summed E-state index contributed by atoms with van der Waals surface area (Å²) in [6.07, 6.45) is 0. The molecule has 0 saturated heterocycles. The van der Waals surface area contributed by atoms with Crippen molar-refractivity contribution in [3.8, 4) is 11.1 Å². The van der Waals surface area contributed by atoms with Gasteiger partial charge < -0.3 is 0 Å².